The van der Waals surface area contributed by atoms with Crippen molar-refractivity contribution in [3.63, 3.8) is 0 Å². The fraction of sp³-hybridized carbons (Fsp3) is 0. The fourth-order valence-electron chi connectivity index (χ4n) is 1.36. The predicted molar refractivity (Wildman–Crippen MR) is 64.0 cm³/mol. The van der Waals surface area contributed by atoms with E-state index in [-0.39, 0.29) is 11.6 Å². The molecule has 0 saturated carbocycles. The lowest BCUT2D eigenvalue weighted by Gasteiger charge is -2.06. The van der Waals surface area contributed by atoms with Gasteiger partial charge < -0.3 is 11.2 Å². The molecule has 0 bridgehead atoms. The molecular formula is C11H10ClN3O. The number of anilines is 1. The number of nitrogen functional groups attached to an aromatic ring is 1. The van der Waals surface area contributed by atoms with Crippen LogP contribution in [-0.4, -0.2) is 10.6 Å². The van der Waals surface area contributed by atoms with Crippen molar-refractivity contribution in [2.45, 2.75) is 0 Å². The number of hydrogen-bond donors (Lipinski definition) is 2. The van der Waals surface area contributed by atoms with Crippen molar-refractivity contribution in [3.05, 3.63) is 53.3 Å². The number of amides is 1. The number of nitrogens with zero attached hydrogens (tertiary/aromatic N) is 1. The molecule has 0 aliphatic carbocycles. The Labute approximate surface area is 97.6 Å². The van der Waals surface area contributed by atoms with Crippen LogP contribution in [0.25, 0.3) is 0 Å². The Balaban J connectivity index is 2.22. The van der Waals surface area contributed by atoms with Crippen molar-refractivity contribution >= 4 is 23.2 Å². The zero-order valence-electron chi connectivity index (χ0n) is 8.35. The topological polar surface area (TPSA) is 60.0 Å². The van der Waals surface area contributed by atoms with Gasteiger partial charge in [-0.15, -0.1) is 0 Å². The van der Waals surface area contributed by atoms with E-state index >= 15 is 0 Å². The van der Waals surface area contributed by atoms with Gasteiger partial charge in [0, 0.05) is 11.9 Å². The van der Waals surface area contributed by atoms with E-state index in [1.54, 1.807) is 18.2 Å². The van der Waals surface area contributed by atoms with Crippen LogP contribution >= 0.6 is 11.6 Å². The predicted octanol–water partition coefficient (Wildman–Crippen LogP) is 2.11. The first kappa shape index (κ1) is 10.6. The maximum absolute atomic E-state index is 11.8. The van der Waals surface area contributed by atoms with Gasteiger partial charge in [-0.2, -0.15) is 0 Å². The van der Waals surface area contributed by atoms with Crippen molar-refractivity contribution in [1.29, 1.82) is 0 Å². The number of para-hydroxylation sites is 1. The Kier molecular flexibility index (Phi) is 2.83. The zero-order valence-corrected chi connectivity index (χ0v) is 9.11. The first-order chi connectivity index (χ1) is 7.68. The zero-order chi connectivity index (χ0) is 11.5. The molecule has 0 aliphatic rings. The Morgan fingerprint density at radius 2 is 1.94 bits per heavy atom. The Morgan fingerprint density at radius 1 is 1.25 bits per heavy atom. The molecule has 1 aromatic carbocycles. The molecule has 3 N–H and O–H groups in total. The van der Waals surface area contributed by atoms with Gasteiger partial charge in [-0.1, -0.05) is 29.8 Å². The van der Waals surface area contributed by atoms with E-state index in [2.05, 4.69) is 5.32 Å². The summed E-state index contributed by atoms with van der Waals surface area (Å²) in [5.41, 5.74) is 0.940. The molecule has 0 unspecified atom stereocenters. The average molecular weight is 236 g/mol. The van der Waals surface area contributed by atoms with E-state index in [0.717, 1.165) is 0 Å². The minimum atomic E-state index is -0.330. The van der Waals surface area contributed by atoms with Crippen molar-refractivity contribution in [1.82, 2.24) is 4.68 Å². The summed E-state index contributed by atoms with van der Waals surface area (Å²) in [5, 5.41) is 3.03. The molecule has 0 spiro atoms. The number of nitrogens with one attached hydrogen (secondary N) is 1. The SMILES string of the molecule is Nn1ccc(Cl)c1C(=O)Nc1ccccc1. The van der Waals surface area contributed by atoms with Crippen molar-refractivity contribution in [2.24, 2.45) is 0 Å². The quantitative estimate of drug-likeness (QED) is 0.784. The summed E-state index contributed by atoms with van der Waals surface area (Å²) >= 11 is 5.84. The number of halogens is 1. The molecule has 82 valence electrons. The third-order valence-corrected chi connectivity index (χ3v) is 2.42. The van der Waals surface area contributed by atoms with E-state index in [1.807, 2.05) is 18.2 Å². The summed E-state index contributed by atoms with van der Waals surface area (Å²) in [6.45, 7) is 0. The number of nitrogens with two attached hydrogens (primary N) is 1. The summed E-state index contributed by atoms with van der Waals surface area (Å²) in [6, 6.07) is 10.7. The Hall–Kier alpha value is -1.94. The molecule has 2 aromatic rings. The standard InChI is InChI=1S/C11H10ClN3O/c12-9-6-7-15(13)10(9)11(16)14-8-4-2-1-3-5-8/h1-7H,13H2,(H,14,16). The van der Waals surface area contributed by atoms with Crippen LogP contribution in [0.15, 0.2) is 42.6 Å². The maximum Gasteiger partial charge on any atom is 0.275 e. The number of benzene rings is 1. The first-order valence-corrected chi connectivity index (χ1v) is 5.04. The molecule has 16 heavy (non-hydrogen) atoms. The molecular weight excluding hydrogens is 226 g/mol. The third-order valence-electron chi connectivity index (χ3n) is 2.11. The molecule has 1 amide bonds. The fourth-order valence-corrected chi connectivity index (χ4v) is 1.60. The lowest BCUT2D eigenvalue weighted by atomic mass is 10.3. The molecule has 0 atom stereocenters. The van der Waals surface area contributed by atoms with Crippen LogP contribution in [0.2, 0.25) is 5.02 Å². The summed E-state index contributed by atoms with van der Waals surface area (Å²) < 4.78 is 1.20. The summed E-state index contributed by atoms with van der Waals surface area (Å²) in [6.07, 6.45) is 1.53. The van der Waals surface area contributed by atoms with E-state index in [1.165, 1.54) is 10.9 Å². The van der Waals surface area contributed by atoms with Gasteiger partial charge in [-0.25, -0.2) is 0 Å². The molecule has 4 nitrogen and oxygen atoms in total. The number of rotatable bonds is 2. The lowest BCUT2D eigenvalue weighted by molar-refractivity contribution is 0.102. The van der Waals surface area contributed by atoms with Gasteiger partial charge in [-0.05, 0) is 18.2 Å². The smallest absolute Gasteiger partial charge is 0.275 e. The lowest BCUT2D eigenvalue weighted by Crippen LogP contribution is -2.21. The minimum absolute atomic E-state index is 0.241. The molecule has 0 saturated heterocycles. The molecule has 0 fully saturated rings. The van der Waals surface area contributed by atoms with Gasteiger partial charge in [0.2, 0.25) is 0 Å². The maximum atomic E-state index is 11.8. The first-order valence-electron chi connectivity index (χ1n) is 4.67. The number of hydrogen-bond acceptors (Lipinski definition) is 2. The Morgan fingerprint density at radius 3 is 2.50 bits per heavy atom. The highest BCUT2D eigenvalue weighted by atomic mass is 35.5. The second-order valence-corrected chi connectivity index (χ2v) is 3.65. The van der Waals surface area contributed by atoms with Gasteiger partial charge in [0.05, 0.1) is 5.02 Å². The summed E-state index contributed by atoms with van der Waals surface area (Å²) in [5.74, 6) is 5.24. The number of carbonyl (C=O) groups is 1. The minimum Gasteiger partial charge on any atom is -0.339 e. The van der Waals surface area contributed by atoms with E-state index < -0.39 is 0 Å². The van der Waals surface area contributed by atoms with Crippen molar-refractivity contribution in [2.75, 3.05) is 11.2 Å². The van der Waals surface area contributed by atoms with Gasteiger partial charge in [0.1, 0.15) is 5.69 Å². The Bertz CT molecular complexity index is 488. The van der Waals surface area contributed by atoms with E-state index in [9.17, 15) is 4.79 Å². The second-order valence-electron chi connectivity index (χ2n) is 3.24. The highest BCUT2D eigenvalue weighted by molar-refractivity contribution is 6.34. The molecule has 1 heterocycles. The highest BCUT2D eigenvalue weighted by Crippen LogP contribution is 2.17. The van der Waals surface area contributed by atoms with Gasteiger partial charge in [0.25, 0.3) is 5.91 Å². The van der Waals surface area contributed by atoms with Crippen LogP contribution in [0.5, 0.6) is 0 Å². The van der Waals surface area contributed by atoms with E-state index in [0.29, 0.717) is 10.7 Å². The number of carbonyl (C=O) groups excluding carboxylic acids is 1. The molecule has 2 rings (SSSR count). The second kappa shape index (κ2) is 4.28. The molecule has 0 aliphatic heterocycles. The van der Waals surface area contributed by atoms with Crippen LogP contribution in [-0.2, 0) is 0 Å². The highest BCUT2D eigenvalue weighted by Gasteiger charge is 2.14. The molecule has 5 heteroatoms. The van der Waals surface area contributed by atoms with Crippen LogP contribution in [0, 0.1) is 0 Å². The monoisotopic (exact) mass is 235 g/mol. The van der Waals surface area contributed by atoms with Crippen LogP contribution in [0.3, 0.4) is 0 Å². The summed E-state index contributed by atoms with van der Waals surface area (Å²) in [4.78, 5) is 11.8. The largest absolute Gasteiger partial charge is 0.339 e. The van der Waals surface area contributed by atoms with E-state index in [4.69, 9.17) is 17.4 Å². The van der Waals surface area contributed by atoms with Crippen LogP contribution in [0.4, 0.5) is 5.69 Å². The number of aromatic nitrogens is 1. The van der Waals surface area contributed by atoms with Crippen LogP contribution in [0.1, 0.15) is 10.5 Å². The van der Waals surface area contributed by atoms with Gasteiger partial charge >= 0.3 is 0 Å². The normalized spacial score (nSPS) is 10.1. The average Bonchev–Trinajstić information content (AvgIpc) is 2.60. The van der Waals surface area contributed by atoms with Gasteiger partial charge in [0.15, 0.2) is 0 Å². The van der Waals surface area contributed by atoms with Gasteiger partial charge in [-0.3, -0.25) is 9.47 Å². The molecule has 1 aromatic heterocycles. The summed E-state index contributed by atoms with van der Waals surface area (Å²) in [7, 11) is 0. The van der Waals surface area contributed by atoms with Crippen molar-refractivity contribution < 1.29 is 4.79 Å². The van der Waals surface area contributed by atoms with Crippen molar-refractivity contribution in [3.8, 4) is 0 Å². The van der Waals surface area contributed by atoms with Crippen LogP contribution < -0.4 is 11.2 Å². The third kappa shape index (κ3) is 2.01. The molecule has 0 radical (unpaired) electrons.